The summed E-state index contributed by atoms with van der Waals surface area (Å²) in [6.07, 6.45) is 0. The Bertz CT molecular complexity index is 279. The fraction of sp³-hybridized carbons (Fsp3) is 0.222. The van der Waals surface area contributed by atoms with Gasteiger partial charge in [0.25, 0.3) is 0 Å². The number of rotatable bonds is 1. The van der Waals surface area contributed by atoms with Gasteiger partial charge in [0.05, 0.1) is 12.8 Å². The Hall–Kier alpha value is -0.830. The second kappa shape index (κ2) is 4.26. The largest absolute Gasteiger partial charge is 0.484 e. The number of nitrogens with zero attached hydrogens (tertiary/aromatic N) is 1. The Balaban J connectivity index is 2.84. The molecule has 0 aliphatic heterocycles. The number of halogens is 1. The van der Waals surface area contributed by atoms with Crippen LogP contribution >= 0.6 is 15.9 Å². The first-order chi connectivity index (χ1) is 5.72. The highest BCUT2D eigenvalue weighted by Gasteiger charge is 1.90. The SMILES string of the molecule is CO/C(C)=N\c1ccc(Br)cc1. The summed E-state index contributed by atoms with van der Waals surface area (Å²) in [6, 6.07) is 7.74. The van der Waals surface area contributed by atoms with Crippen LogP contribution in [0.2, 0.25) is 0 Å². The minimum Gasteiger partial charge on any atom is -0.484 e. The molecule has 0 amide bonds. The molecule has 0 aromatic heterocycles. The fourth-order valence-electron chi connectivity index (χ4n) is 0.743. The van der Waals surface area contributed by atoms with Gasteiger partial charge in [0.15, 0.2) is 5.90 Å². The van der Waals surface area contributed by atoms with E-state index in [1.807, 2.05) is 31.2 Å². The molecule has 0 atom stereocenters. The van der Waals surface area contributed by atoms with Crippen LogP contribution in [0.5, 0.6) is 0 Å². The highest BCUT2D eigenvalue weighted by Crippen LogP contribution is 2.16. The summed E-state index contributed by atoms with van der Waals surface area (Å²) >= 11 is 3.35. The van der Waals surface area contributed by atoms with Gasteiger partial charge >= 0.3 is 0 Å². The van der Waals surface area contributed by atoms with Crippen molar-refractivity contribution in [2.45, 2.75) is 6.92 Å². The van der Waals surface area contributed by atoms with E-state index in [4.69, 9.17) is 4.74 Å². The Labute approximate surface area is 80.4 Å². The molecular formula is C9H10BrNO. The minimum atomic E-state index is 0.664. The van der Waals surface area contributed by atoms with Crippen LogP contribution in [0.3, 0.4) is 0 Å². The predicted molar refractivity (Wildman–Crippen MR) is 53.9 cm³/mol. The summed E-state index contributed by atoms with van der Waals surface area (Å²) < 4.78 is 5.97. The standard InChI is InChI=1S/C9H10BrNO/c1-7(12-2)11-9-5-3-8(10)4-6-9/h3-6H,1-2H3/b11-7-. The van der Waals surface area contributed by atoms with Crippen molar-refractivity contribution in [1.29, 1.82) is 0 Å². The fourth-order valence-corrected chi connectivity index (χ4v) is 1.01. The lowest BCUT2D eigenvalue weighted by Crippen LogP contribution is -1.91. The first-order valence-corrected chi connectivity index (χ1v) is 4.36. The lowest BCUT2D eigenvalue weighted by atomic mass is 10.3. The summed E-state index contributed by atoms with van der Waals surface area (Å²) in [5, 5.41) is 0. The zero-order valence-corrected chi connectivity index (χ0v) is 8.63. The molecule has 0 unspecified atom stereocenters. The summed E-state index contributed by atoms with van der Waals surface area (Å²) in [6.45, 7) is 1.82. The monoisotopic (exact) mass is 227 g/mol. The number of hydrogen-bond donors (Lipinski definition) is 0. The Morgan fingerprint density at radius 2 is 1.92 bits per heavy atom. The van der Waals surface area contributed by atoms with E-state index in [2.05, 4.69) is 20.9 Å². The summed E-state index contributed by atoms with van der Waals surface area (Å²) in [5.74, 6) is 0.664. The van der Waals surface area contributed by atoms with E-state index >= 15 is 0 Å². The number of ether oxygens (including phenoxy) is 1. The summed E-state index contributed by atoms with van der Waals surface area (Å²) in [5.41, 5.74) is 0.901. The van der Waals surface area contributed by atoms with E-state index in [9.17, 15) is 0 Å². The van der Waals surface area contributed by atoms with Gasteiger partial charge in [0.1, 0.15) is 0 Å². The van der Waals surface area contributed by atoms with Gasteiger partial charge in [-0.15, -0.1) is 0 Å². The minimum absolute atomic E-state index is 0.664. The molecule has 12 heavy (non-hydrogen) atoms. The van der Waals surface area contributed by atoms with Gasteiger partial charge in [0, 0.05) is 11.4 Å². The molecule has 2 nitrogen and oxygen atoms in total. The lowest BCUT2D eigenvalue weighted by Gasteiger charge is -1.97. The van der Waals surface area contributed by atoms with Gasteiger partial charge < -0.3 is 4.74 Å². The van der Waals surface area contributed by atoms with Crippen molar-refractivity contribution in [3.05, 3.63) is 28.7 Å². The van der Waals surface area contributed by atoms with Crippen LogP contribution in [0, 0.1) is 0 Å². The molecule has 3 heteroatoms. The van der Waals surface area contributed by atoms with Crippen LogP contribution in [0.25, 0.3) is 0 Å². The summed E-state index contributed by atoms with van der Waals surface area (Å²) in [7, 11) is 1.61. The molecule has 0 spiro atoms. The first kappa shape index (κ1) is 9.26. The van der Waals surface area contributed by atoms with Gasteiger partial charge in [0.2, 0.25) is 0 Å². The zero-order chi connectivity index (χ0) is 8.97. The Morgan fingerprint density at radius 1 is 1.33 bits per heavy atom. The van der Waals surface area contributed by atoms with Crippen LogP contribution in [0.1, 0.15) is 6.92 Å². The maximum atomic E-state index is 4.92. The molecule has 0 N–H and O–H groups in total. The van der Waals surface area contributed by atoms with Gasteiger partial charge in [-0.25, -0.2) is 4.99 Å². The average molecular weight is 228 g/mol. The number of benzene rings is 1. The third kappa shape index (κ3) is 2.66. The highest BCUT2D eigenvalue weighted by molar-refractivity contribution is 9.10. The maximum absolute atomic E-state index is 4.92. The average Bonchev–Trinajstić information content (AvgIpc) is 2.09. The van der Waals surface area contributed by atoms with E-state index in [1.54, 1.807) is 7.11 Å². The third-order valence-corrected chi connectivity index (χ3v) is 1.94. The van der Waals surface area contributed by atoms with Crippen LogP contribution in [-0.4, -0.2) is 13.0 Å². The van der Waals surface area contributed by atoms with Crippen molar-refractivity contribution in [3.8, 4) is 0 Å². The second-order valence-electron chi connectivity index (χ2n) is 2.31. The van der Waals surface area contributed by atoms with E-state index in [0.29, 0.717) is 5.90 Å². The van der Waals surface area contributed by atoms with Crippen molar-refractivity contribution in [3.63, 3.8) is 0 Å². The van der Waals surface area contributed by atoms with E-state index in [-0.39, 0.29) is 0 Å². The molecule has 64 valence electrons. The Morgan fingerprint density at radius 3 is 2.42 bits per heavy atom. The molecule has 0 fully saturated rings. The van der Waals surface area contributed by atoms with Crippen LogP contribution in [0.4, 0.5) is 5.69 Å². The molecule has 0 bridgehead atoms. The van der Waals surface area contributed by atoms with E-state index < -0.39 is 0 Å². The third-order valence-electron chi connectivity index (χ3n) is 1.41. The molecule has 0 aliphatic carbocycles. The van der Waals surface area contributed by atoms with Crippen LogP contribution in [-0.2, 0) is 4.74 Å². The van der Waals surface area contributed by atoms with Crippen molar-refractivity contribution in [2.24, 2.45) is 4.99 Å². The number of hydrogen-bond acceptors (Lipinski definition) is 2. The van der Waals surface area contributed by atoms with E-state index in [1.165, 1.54) is 0 Å². The van der Waals surface area contributed by atoms with Crippen molar-refractivity contribution < 1.29 is 4.74 Å². The smallest absolute Gasteiger partial charge is 0.184 e. The topological polar surface area (TPSA) is 21.6 Å². The quantitative estimate of drug-likeness (QED) is 0.534. The van der Waals surface area contributed by atoms with E-state index in [0.717, 1.165) is 10.2 Å². The molecule has 0 radical (unpaired) electrons. The van der Waals surface area contributed by atoms with Gasteiger partial charge in [-0.3, -0.25) is 0 Å². The molecule has 1 aromatic carbocycles. The summed E-state index contributed by atoms with van der Waals surface area (Å²) in [4.78, 5) is 4.19. The Kier molecular flexibility index (Phi) is 3.29. The molecule has 0 saturated heterocycles. The molecule has 0 saturated carbocycles. The van der Waals surface area contributed by atoms with Crippen molar-refractivity contribution >= 4 is 27.5 Å². The number of methoxy groups -OCH3 is 1. The van der Waals surface area contributed by atoms with Crippen LogP contribution < -0.4 is 0 Å². The molecule has 1 rings (SSSR count). The number of aliphatic imine (C=N–C) groups is 1. The lowest BCUT2D eigenvalue weighted by molar-refractivity contribution is 0.400. The molecular weight excluding hydrogens is 218 g/mol. The highest BCUT2D eigenvalue weighted by atomic mass is 79.9. The predicted octanol–water partition coefficient (Wildman–Crippen LogP) is 3.15. The second-order valence-corrected chi connectivity index (χ2v) is 3.23. The van der Waals surface area contributed by atoms with Crippen molar-refractivity contribution in [1.82, 2.24) is 0 Å². The normalized spacial score (nSPS) is 11.4. The molecule has 0 heterocycles. The first-order valence-electron chi connectivity index (χ1n) is 3.57. The van der Waals surface area contributed by atoms with Crippen molar-refractivity contribution in [2.75, 3.05) is 7.11 Å². The van der Waals surface area contributed by atoms with Gasteiger partial charge in [-0.1, -0.05) is 15.9 Å². The maximum Gasteiger partial charge on any atom is 0.184 e. The van der Waals surface area contributed by atoms with Gasteiger partial charge in [-0.2, -0.15) is 0 Å². The zero-order valence-electron chi connectivity index (χ0n) is 7.04. The van der Waals surface area contributed by atoms with Crippen LogP contribution in [0.15, 0.2) is 33.7 Å². The van der Waals surface area contributed by atoms with Gasteiger partial charge in [-0.05, 0) is 24.3 Å². The molecule has 1 aromatic rings. The molecule has 0 aliphatic rings.